The van der Waals surface area contributed by atoms with Gasteiger partial charge in [-0.2, -0.15) is 0 Å². The average molecular weight is 366 g/mol. The van der Waals surface area contributed by atoms with Crippen molar-refractivity contribution in [2.45, 2.75) is 6.61 Å². The number of pyridine rings is 1. The number of benzene rings is 1. The zero-order valence-electron chi connectivity index (χ0n) is 13.0. The third-order valence-electron chi connectivity index (χ3n) is 4.04. The van der Waals surface area contributed by atoms with Crippen LogP contribution in [0, 0.1) is 0 Å². The number of rotatable bonds is 3. The van der Waals surface area contributed by atoms with Crippen molar-refractivity contribution in [1.82, 2.24) is 9.88 Å². The normalized spacial score (nSPS) is 14.8. The smallest absolute Gasteiger partial charge is 0.255 e. The largest absolute Gasteiger partial charge is 0.392 e. The Kier molecular flexibility index (Phi) is 5.23. The fourth-order valence-corrected chi connectivity index (χ4v) is 3.04. The van der Waals surface area contributed by atoms with Gasteiger partial charge in [0.2, 0.25) is 0 Å². The van der Waals surface area contributed by atoms with Crippen LogP contribution in [-0.2, 0) is 6.61 Å². The van der Waals surface area contributed by atoms with Gasteiger partial charge < -0.3 is 14.9 Å². The Morgan fingerprint density at radius 2 is 1.88 bits per heavy atom. The number of halogens is 2. The molecule has 1 aromatic carbocycles. The molecule has 126 valence electrons. The van der Waals surface area contributed by atoms with Gasteiger partial charge >= 0.3 is 0 Å². The molecule has 1 aliphatic rings. The first-order chi connectivity index (χ1) is 11.6. The number of aliphatic hydroxyl groups excluding tert-OH is 1. The van der Waals surface area contributed by atoms with Gasteiger partial charge in [-0.15, -0.1) is 0 Å². The molecular formula is C17H17Cl2N3O2. The molecule has 5 nitrogen and oxygen atoms in total. The highest BCUT2D eigenvalue weighted by molar-refractivity contribution is 6.35. The molecule has 0 aliphatic carbocycles. The molecule has 2 aromatic rings. The maximum absolute atomic E-state index is 12.6. The molecular weight excluding hydrogens is 349 g/mol. The third-order valence-corrected chi connectivity index (χ3v) is 4.61. The predicted molar refractivity (Wildman–Crippen MR) is 94.7 cm³/mol. The van der Waals surface area contributed by atoms with Crippen LogP contribution in [0.25, 0.3) is 0 Å². The Bertz CT molecular complexity index is 729. The number of amides is 1. The van der Waals surface area contributed by atoms with E-state index in [0.29, 0.717) is 41.8 Å². The van der Waals surface area contributed by atoms with Gasteiger partial charge in [0.05, 0.1) is 17.2 Å². The summed E-state index contributed by atoms with van der Waals surface area (Å²) >= 11 is 12.1. The number of nitrogens with zero attached hydrogens (tertiary/aromatic N) is 3. The van der Waals surface area contributed by atoms with Crippen LogP contribution in [0.15, 0.2) is 36.5 Å². The van der Waals surface area contributed by atoms with Gasteiger partial charge in [0.1, 0.15) is 5.82 Å². The first kappa shape index (κ1) is 17.0. The van der Waals surface area contributed by atoms with Crippen molar-refractivity contribution in [1.29, 1.82) is 0 Å². The maximum Gasteiger partial charge on any atom is 0.255 e. The maximum atomic E-state index is 12.6. The SMILES string of the molecule is O=C(c1cc(Cl)ccc1Cl)N1CCN(c2ccc(CO)cn2)CC1. The highest BCUT2D eigenvalue weighted by Crippen LogP contribution is 2.23. The predicted octanol–water partition coefficient (Wildman–Crippen LogP) is 2.84. The molecule has 0 bridgehead atoms. The molecule has 1 aromatic heterocycles. The summed E-state index contributed by atoms with van der Waals surface area (Å²) in [6, 6.07) is 8.65. The molecule has 1 N–H and O–H groups in total. The van der Waals surface area contributed by atoms with Gasteiger partial charge in [0, 0.05) is 37.4 Å². The Morgan fingerprint density at radius 1 is 1.12 bits per heavy atom. The minimum Gasteiger partial charge on any atom is -0.392 e. The van der Waals surface area contributed by atoms with Crippen LogP contribution in [0.3, 0.4) is 0 Å². The van der Waals surface area contributed by atoms with Crippen LogP contribution in [0.2, 0.25) is 10.0 Å². The van der Waals surface area contributed by atoms with Crippen molar-refractivity contribution in [3.8, 4) is 0 Å². The summed E-state index contributed by atoms with van der Waals surface area (Å²) < 4.78 is 0. The van der Waals surface area contributed by atoms with E-state index < -0.39 is 0 Å². The second-order valence-corrected chi connectivity index (χ2v) is 6.43. The summed E-state index contributed by atoms with van der Waals surface area (Å²) in [5.41, 5.74) is 1.21. The first-order valence-corrected chi connectivity index (χ1v) is 8.39. The zero-order valence-corrected chi connectivity index (χ0v) is 14.5. The van der Waals surface area contributed by atoms with Gasteiger partial charge in [-0.25, -0.2) is 4.98 Å². The number of hydrogen-bond donors (Lipinski definition) is 1. The van der Waals surface area contributed by atoms with Crippen LogP contribution in [0.4, 0.5) is 5.82 Å². The Morgan fingerprint density at radius 3 is 2.50 bits per heavy atom. The van der Waals surface area contributed by atoms with Crippen LogP contribution in [0.5, 0.6) is 0 Å². The summed E-state index contributed by atoms with van der Waals surface area (Å²) in [6.07, 6.45) is 1.67. The van der Waals surface area contributed by atoms with E-state index in [2.05, 4.69) is 9.88 Å². The molecule has 0 spiro atoms. The second kappa shape index (κ2) is 7.38. The van der Waals surface area contributed by atoms with Crippen LogP contribution >= 0.6 is 23.2 Å². The van der Waals surface area contributed by atoms with Gasteiger partial charge in [-0.1, -0.05) is 29.3 Å². The molecule has 1 fully saturated rings. The van der Waals surface area contributed by atoms with Crippen LogP contribution < -0.4 is 4.90 Å². The van der Waals surface area contributed by atoms with Crippen molar-refractivity contribution < 1.29 is 9.90 Å². The van der Waals surface area contributed by atoms with Gasteiger partial charge in [0.15, 0.2) is 0 Å². The van der Waals surface area contributed by atoms with E-state index in [0.717, 1.165) is 11.4 Å². The fourth-order valence-electron chi connectivity index (χ4n) is 2.67. The molecule has 0 atom stereocenters. The van der Waals surface area contributed by atoms with E-state index in [9.17, 15) is 4.79 Å². The quantitative estimate of drug-likeness (QED) is 0.908. The van der Waals surface area contributed by atoms with Gasteiger partial charge in [0.25, 0.3) is 5.91 Å². The van der Waals surface area contributed by atoms with E-state index in [4.69, 9.17) is 28.3 Å². The van der Waals surface area contributed by atoms with Crippen LogP contribution in [-0.4, -0.2) is 47.1 Å². The molecule has 1 saturated heterocycles. The lowest BCUT2D eigenvalue weighted by molar-refractivity contribution is 0.0746. The lowest BCUT2D eigenvalue weighted by Gasteiger charge is -2.35. The molecule has 24 heavy (non-hydrogen) atoms. The van der Waals surface area contributed by atoms with E-state index >= 15 is 0 Å². The van der Waals surface area contributed by atoms with Gasteiger partial charge in [-0.05, 0) is 29.8 Å². The van der Waals surface area contributed by atoms with E-state index in [1.165, 1.54) is 0 Å². The number of aromatic nitrogens is 1. The Hall–Kier alpha value is -1.82. The summed E-state index contributed by atoms with van der Waals surface area (Å²) in [5.74, 6) is 0.742. The first-order valence-electron chi connectivity index (χ1n) is 7.63. The molecule has 0 radical (unpaired) electrons. The average Bonchev–Trinajstić information content (AvgIpc) is 2.63. The summed E-state index contributed by atoms with van der Waals surface area (Å²) in [7, 11) is 0. The lowest BCUT2D eigenvalue weighted by atomic mass is 10.1. The highest BCUT2D eigenvalue weighted by atomic mass is 35.5. The molecule has 2 heterocycles. The topological polar surface area (TPSA) is 56.7 Å². The van der Waals surface area contributed by atoms with Crippen molar-refractivity contribution in [3.63, 3.8) is 0 Å². The van der Waals surface area contributed by atoms with E-state index in [1.54, 1.807) is 29.3 Å². The van der Waals surface area contributed by atoms with E-state index in [-0.39, 0.29) is 12.5 Å². The number of carbonyl (C=O) groups is 1. The van der Waals surface area contributed by atoms with Gasteiger partial charge in [-0.3, -0.25) is 4.79 Å². The summed E-state index contributed by atoms with van der Waals surface area (Å²) in [5, 5.41) is 9.97. The second-order valence-electron chi connectivity index (χ2n) is 5.59. The standard InChI is InChI=1S/C17H17Cl2N3O2/c18-13-2-3-15(19)14(9-13)17(24)22-7-5-21(6-8-22)16-4-1-12(11-23)10-20-16/h1-4,9-10,23H,5-8,11H2. The van der Waals surface area contributed by atoms with Crippen molar-refractivity contribution in [2.24, 2.45) is 0 Å². The van der Waals surface area contributed by atoms with Crippen molar-refractivity contribution >= 4 is 34.9 Å². The number of carbonyl (C=O) groups excluding carboxylic acids is 1. The molecule has 0 unspecified atom stereocenters. The van der Waals surface area contributed by atoms with Crippen LogP contribution in [0.1, 0.15) is 15.9 Å². The van der Waals surface area contributed by atoms with Crippen molar-refractivity contribution in [2.75, 3.05) is 31.1 Å². The molecule has 1 aliphatic heterocycles. The number of piperazine rings is 1. The molecule has 3 rings (SSSR count). The number of anilines is 1. The Balaban J connectivity index is 1.65. The third kappa shape index (κ3) is 3.64. The number of hydrogen-bond acceptors (Lipinski definition) is 4. The molecule has 0 saturated carbocycles. The minimum atomic E-state index is -0.106. The lowest BCUT2D eigenvalue weighted by Crippen LogP contribution is -2.49. The van der Waals surface area contributed by atoms with E-state index in [1.807, 2.05) is 12.1 Å². The fraction of sp³-hybridized carbons (Fsp3) is 0.294. The summed E-state index contributed by atoms with van der Waals surface area (Å²) in [6.45, 7) is 2.54. The minimum absolute atomic E-state index is 0.0179. The highest BCUT2D eigenvalue weighted by Gasteiger charge is 2.24. The summed E-state index contributed by atoms with van der Waals surface area (Å²) in [4.78, 5) is 20.9. The molecule has 1 amide bonds. The zero-order chi connectivity index (χ0) is 17.1. The number of aliphatic hydroxyl groups is 1. The molecule has 7 heteroatoms. The Labute approximate surface area is 150 Å². The monoisotopic (exact) mass is 365 g/mol. The van der Waals surface area contributed by atoms with Crippen molar-refractivity contribution in [3.05, 3.63) is 57.7 Å².